The van der Waals surface area contributed by atoms with Gasteiger partial charge in [0.1, 0.15) is 0 Å². The predicted octanol–water partition coefficient (Wildman–Crippen LogP) is 1.86. The van der Waals surface area contributed by atoms with E-state index < -0.39 is 0 Å². The fourth-order valence-electron chi connectivity index (χ4n) is 2.30. The Kier molecular flexibility index (Phi) is 6.28. The molecule has 5 heteroatoms. The third-order valence-electron chi connectivity index (χ3n) is 3.27. The van der Waals surface area contributed by atoms with Gasteiger partial charge in [-0.3, -0.25) is 9.69 Å². The molecular formula is C14H22ClN3O. The van der Waals surface area contributed by atoms with Crippen molar-refractivity contribution in [2.45, 2.75) is 26.4 Å². The summed E-state index contributed by atoms with van der Waals surface area (Å²) in [6.07, 6.45) is 0. The van der Waals surface area contributed by atoms with Crippen LogP contribution >= 0.6 is 12.4 Å². The van der Waals surface area contributed by atoms with Gasteiger partial charge < -0.3 is 10.6 Å². The summed E-state index contributed by atoms with van der Waals surface area (Å²) in [6.45, 7) is 7.89. The van der Waals surface area contributed by atoms with Crippen molar-refractivity contribution in [2.75, 3.05) is 25.0 Å². The smallest absolute Gasteiger partial charge is 0.221 e. The maximum Gasteiger partial charge on any atom is 0.221 e. The second kappa shape index (κ2) is 7.48. The highest BCUT2D eigenvalue weighted by molar-refractivity contribution is 5.88. The summed E-state index contributed by atoms with van der Waals surface area (Å²) in [5.74, 6) is -0.0253. The van der Waals surface area contributed by atoms with E-state index in [0.717, 1.165) is 31.9 Å². The Bertz CT molecular complexity index is 425. The first kappa shape index (κ1) is 16.0. The van der Waals surface area contributed by atoms with Gasteiger partial charge in [0.2, 0.25) is 5.91 Å². The van der Waals surface area contributed by atoms with Crippen molar-refractivity contribution in [3.8, 4) is 0 Å². The van der Waals surface area contributed by atoms with Crippen LogP contribution in [0.15, 0.2) is 24.3 Å². The van der Waals surface area contributed by atoms with E-state index in [4.69, 9.17) is 0 Å². The number of carbonyl (C=O) groups is 1. The zero-order valence-electron chi connectivity index (χ0n) is 11.5. The molecule has 0 aromatic heterocycles. The van der Waals surface area contributed by atoms with Crippen LogP contribution in [0.3, 0.4) is 0 Å². The van der Waals surface area contributed by atoms with Crippen molar-refractivity contribution in [2.24, 2.45) is 0 Å². The molecule has 1 aliphatic rings. The molecule has 1 heterocycles. The summed E-state index contributed by atoms with van der Waals surface area (Å²) in [4.78, 5) is 13.5. The number of anilines is 1. The number of rotatable bonds is 3. The number of hydrogen-bond donors (Lipinski definition) is 2. The van der Waals surface area contributed by atoms with E-state index in [-0.39, 0.29) is 18.3 Å². The molecule has 0 spiro atoms. The van der Waals surface area contributed by atoms with Crippen molar-refractivity contribution in [3.63, 3.8) is 0 Å². The van der Waals surface area contributed by atoms with Crippen LogP contribution in [0.5, 0.6) is 0 Å². The lowest BCUT2D eigenvalue weighted by Gasteiger charge is -2.33. The zero-order chi connectivity index (χ0) is 13.0. The minimum absolute atomic E-state index is 0. The second-order valence-electron chi connectivity index (χ2n) is 4.91. The van der Waals surface area contributed by atoms with Crippen molar-refractivity contribution in [3.05, 3.63) is 29.8 Å². The third-order valence-corrected chi connectivity index (χ3v) is 3.27. The Morgan fingerprint density at radius 3 is 3.00 bits per heavy atom. The summed E-state index contributed by atoms with van der Waals surface area (Å²) in [5.41, 5.74) is 2.12. The molecule has 4 nitrogen and oxygen atoms in total. The lowest BCUT2D eigenvalue weighted by molar-refractivity contribution is -0.114. The number of hydrogen-bond acceptors (Lipinski definition) is 3. The molecule has 0 bridgehead atoms. The molecule has 1 fully saturated rings. The van der Waals surface area contributed by atoms with Gasteiger partial charge in [-0.25, -0.2) is 0 Å². The number of halogens is 1. The summed E-state index contributed by atoms with van der Waals surface area (Å²) in [7, 11) is 0. The van der Waals surface area contributed by atoms with Gasteiger partial charge in [0.25, 0.3) is 0 Å². The van der Waals surface area contributed by atoms with Gasteiger partial charge in [-0.05, 0) is 24.6 Å². The first-order chi connectivity index (χ1) is 8.65. The molecule has 19 heavy (non-hydrogen) atoms. The summed E-state index contributed by atoms with van der Waals surface area (Å²) in [6, 6.07) is 8.64. The van der Waals surface area contributed by atoms with Crippen LogP contribution in [-0.4, -0.2) is 36.5 Å². The molecule has 2 rings (SSSR count). The minimum atomic E-state index is -0.0253. The summed E-state index contributed by atoms with van der Waals surface area (Å²) < 4.78 is 0. The van der Waals surface area contributed by atoms with E-state index in [2.05, 4.69) is 34.6 Å². The molecule has 1 aromatic rings. The highest BCUT2D eigenvalue weighted by atomic mass is 35.5. The fourth-order valence-corrected chi connectivity index (χ4v) is 2.30. The standard InChI is InChI=1S/C14H21N3O.ClH/c1-11-9-15-6-7-17(11)10-13-4-3-5-14(8-13)16-12(2)18;/h3-5,8,11,15H,6-7,9-10H2,1-2H3,(H,16,18);1H/t11-;/m1./s1. The maximum absolute atomic E-state index is 11.0. The molecule has 1 aliphatic heterocycles. The van der Waals surface area contributed by atoms with Gasteiger partial charge in [-0.1, -0.05) is 12.1 Å². The zero-order valence-corrected chi connectivity index (χ0v) is 12.3. The molecule has 1 atom stereocenters. The van der Waals surface area contributed by atoms with E-state index in [1.54, 1.807) is 0 Å². The van der Waals surface area contributed by atoms with Crippen LogP contribution in [0, 0.1) is 0 Å². The van der Waals surface area contributed by atoms with Gasteiger partial charge in [0, 0.05) is 44.8 Å². The maximum atomic E-state index is 11.0. The van der Waals surface area contributed by atoms with Crippen molar-refractivity contribution in [1.82, 2.24) is 10.2 Å². The van der Waals surface area contributed by atoms with Crippen LogP contribution in [0.4, 0.5) is 5.69 Å². The predicted molar refractivity (Wildman–Crippen MR) is 80.7 cm³/mol. The Labute approximate surface area is 121 Å². The van der Waals surface area contributed by atoms with E-state index in [1.165, 1.54) is 12.5 Å². The SMILES string of the molecule is CC(=O)Nc1cccc(CN2CCNC[C@H]2C)c1.Cl. The van der Waals surface area contributed by atoms with Crippen molar-refractivity contribution in [1.29, 1.82) is 0 Å². The number of amides is 1. The Morgan fingerprint density at radius 1 is 1.53 bits per heavy atom. The fraction of sp³-hybridized carbons (Fsp3) is 0.500. The van der Waals surface area contributed by atoms with Crippen LogP contribution in [0.2, 0.25) is 0 Å². The van der Waals surface area contributed by atoms with Gasteiger partial charge in [-0.2, -0.15) is 0 Å². The van der Waals surface area contributed by atoms with E-state index in [0.29, 0.717) is 6.04 Å². The van der Waals surface area contributed by atoms with E-state index in [1.807, 2.05) is 12.1 Å². The molecule has 0 aliphatic carbocycles. The monoisotopic (exact) mass is 283 g/mol. The average molecular weight is 284 g/mol. The van der Waals surface area contributed by atoms with Crippen molar-refractivity contribution >= 4 is 24.0 Å². The van der Waals surface area contributed by atoms with Crippen LogP contribution in [0.25, 0.3) is 0 Å². The molecule has 1 aromatic carbocycles. The third kappa shape index (κ3) is 4.82. The number of piperazine rings is 1. The lowest BCUT2D eigenvalue weighted by atomic mass is 10.1. The number of nitrogens with one attached hydrogen (secondary N) is 2. The number of nitrogens with zero attached hydrogens (tertiary/aromatic N) is 1. The summed E-state index contributed by atoms with van der Waals surface area (Å²) >= 11 is 0. The minimum Gasteiger partial charge on any atom is -0.326 e. The highest BCUT2D eigenvalue weighted by Crippen LogP contribution is 2.14. The largest absolute Gasteiger partial charge is 0.326 e. The molecule has 2 N–H and O–H groups in total. The van der Waals surface area contributed by atoms with Gasteiger partial charge in [0.15, 0.2) is 0 Å². The second-order valence-corrected chi connectivity index (χ2v) is 4.91. The lowest BCUT2D eigenvalue weighted by Crippen LogP contribution is -2.49. The van der Waals surface area contributed by atoms with E-state index >= 15 is 0 Å². The average Bonchev–Trinajstić information content (AvgIpc) is 2.32. The number of carbonyl (C=O) groups excluding carboxylic acids is 1. The Hall–Kier alpha value is -1.10. The van der Waals surface area contributed by atoms with E-state index in [9.17, 15) is 4.79 Å². The Balaban J connectivity index is 0.00000180. The van der Waals surface area contributed by atoms with Crippen LogP contribution < -0.4 is 10.6 Å². The van der Waals surface area contributed by atoms with Gasteiger partial charge in [0.05, 0.1) is 0 Å². The van der Waals surface area contributed by atoms with Crippen LogP contribution in [-0.2, 0) is 11.3 Å². The topological polar surface area (TPSA) is 44.4 Å². The molecular weight excluding hydrogens is 262 g/mol. The Morgan fingerprint density at radius 2 is 2.32 bits per heavy atom. The van der Waals surface area contributed by atoms with Gasteiger partial charge in [-0.15, -0.1) is 12.4 Å². The molecule has 106 valence electrons. The molecule has 1 amide bonds. The van der Waals surface area contributed by atoms with Crippen LogP contribution in [0.1, 0.15) is 19.4 Å². The molecule has 1 saturated heterocycles. The molecule has 0 saturated carbocycles. The normalized spacial score (nSPS) is 19.6. The highest BCUT2D eigenvalue weighted by Gasteiger charge is 2.17. The molecule has 0 radical (unpaired) electrons. The number of benzene rings is 1. The van der Waals surface area contributed by atoms with Crippen molar-refractivity contribution < 1.29 is 4.79 Å². The summed E-state index contributed by atoms with van der Waals surface area (Å²) in [5, 5.41) is 6.21. The van der Waals surface area contributed by atoms with Gasteiger partial charge >= 0.3 is 0 Å². The quantitative estimate of drug-likeness (QED) is 0.890. The first-order valence-corrected chi connectivity index (χ1v) is 6.46. The first-order valence-electron chi connectivity index (χ1n) is 6.46. The molecule has 0 unspecified atom stereocenters.